The van der Waals surface area contributed by atoms with Crippen molar-refractivity contribution >= 4 is 131 Å². The van der Waals surface area contributed by atoms with Crippen LogP contribution in [-0.2, 0) is 21.7 Å². The van der Waals surface area contributed by atoms with E-state index in [0.717, 1.165) is 66.9 Å². The van der Waals surface area contributed by atoms with Crippen LogP contribution < -0.4 is 9.80 Å². The van der Waals surface area contributed by atoms with Crippen molar-refractivity contribution in [1.82, 2.24) is 17.9 Å². The Bertz CT molecular complexity index is 4920. The second-order valence-corrected chi connectivity index (χ2v) is 30.5. The molecule has 0 N–H and O–H groups in total. The Labute approximate surface area is 536 Å². The average Bonchev–Trinajstić information content (AvgIpc) is 0.708. The third kappa shape index (κ3) is 9.40. The Morgan fingerprint density at radius 1 is 0.256 bits per heavy atom. The van der Waals surface area contributed by atoms with Gasteiger partial charge in [-0.15, -0.1) is 22.7 Å². The molecule has 446 valence electrons. The van der Waals surface area contributed by atoms with Gasteiger partial charge in [-0.3, -0.25) is 0 Å². The van der Waals surface area contributed by atoms with E-state index in [2.05, 4.69) is 353 Å². The molecule has 90 heavy (non-hydrogen) atoms. The smallest absolute Gasteiger partial charge is 0.0879 e. The van der Waals surface area contributed by atoms with Gasteiger partial charge in [0.05, 0.1) is 74.0 Å². The third-order valence-electron chi connectivity index (χ3n) is 18.1. The molecule has 11 aromatic carbocycles. The van der Waals surface area contributed by atoms with Crippen LogP contribution in [0, 0.1) is 0 Å². The molecule has 0 aliphatic carbocycles. The highest BCUT2D eigenvalue weighted by molar-refractivity contribution is 7.26. The predicted octanol–water partition coefficient (Wildman–Crippen LogP) is 24.1. The number of aromatic nitrogens is 4. The van der Waals surface area contributed by atoms with Crippen molar-refractivity contribution < 1.29 is 0 Å². The molecule has 4 aromatic heterocycles. The Balaban J connectivity index is 1.11. The maximum atomic E-state index is 2.58. The summed E-state index contributed by atoms with van der Waals surface area (Å²) in [5, 5.41) is 0. The molecule has 4 heterocycles. The van der Waals surface area contributed by atoms with Gasteiger partial charge in [0.15, 0.2) is 0 Å². The van der Waals surface area contributed by atoms with Crippen LogP contribution in [-0.4, -0.2) is 17.9 Å². The number of hydrogen-bond donors (Lipinski definition) is 0. The molecule has 15 aromatic rings. The average molecular weight is 1210 g/mol. The summed E-state index contributed by atoms with van der Waals surface area (Å²) in [6.07, 6.45) is 0. The van der Waals surface area contributed by atoms with E-state index in [-0.39, 0.29) is 21.7 Å². The third-order valence-corrected chi connectivity index (χ3v) is 20.2. The van der Waals surface area contributed by atoms with E-state index in [1.54, 1.807) is 0 Å². The van der Waals surface area contributed by atoms with E-state index in [4.69, 9.17) is 0 Å². The number of fused-ring (bicyclic) bond motifs is 8. The number of nitrogens with zero attached hydrogens (tertiary/aromatic N) is 6. The van der Waals surface area contributed by atoms with E-state index < -0.39 is 0 Å². The predicted molar refractivity (Wildman–Crippen MR) is 390 cm³/mol. The zero-order chi connectivity index (χ0) is 62.2. The first-order valence-electron chi connectivity index (χ1n) is 31.6. The lowest BCUT2D eigenvalue weighted by Gasteiger charge is -2.35. The lowest BCUT2D eigenvalue weighted by Crippen LogP contribution is -2.22. The molecule has 0 amide bonds. The van der Waals surface area contributed by atoms with E-state index in [9.17, 15) is 0 Å². The Morgan fingerprint density at radius 3 is 0.867 bits per heavy atom. The Hall–Kier alpha value is -9.34. The number of para-hydroxylation sites is 10. The normalized spacial score (nSPS) is 12.7. The van der Waals surface area contributed by atoms with Gasteiger partial charge in [-0.2, -0.15) is 0 Å². The number of rotatable bonds is 8. The summed E-state index contributed by atoms with van der Waals surface area (Å²) in [6.45, 7) is 28.0. The maximum Gasteiger partial charge on any atom is 0.0879 e. The van der Waals surface area contributed by atoms with Gasteiger partial charge in [-0.1, -0.05) is 217 Å². The fraction of sp³-hybridized carbons (Fsp3) is 0.195. The Morgan fingerprint density at radius 2 is 0.544 bits per heavy atom. The number of anilines is 6. The van der Waals surface area contributed by atoms with Crippen LogP contribution in [0.25, 0.3) is 85.3 Å². The van der Waals surface area contributed by atoms with Gasteiger partial charge in [0, 0.05) is 45.5 Å². The fourth-order valence-corrected chi connectivity index (χ4v) is 16.4. The van der Waals surface area contributed by atoms with Crippen LogP contribution in [0.2, 0.25) is 0 Å². The largest absolute Gasteiger partial charge is 0.310 e. The van der Waals surface area contributed by atoms with Crippen molar-refractivity contribution in [1.29, 1.82) is 0 Å². The summed E-state index contributed by atoms with van der Waals surface area (Å²) in [7, 11) is 0. The van der Waals surface area contributed by atoms with Gasteiger partial charge in [-0.25, -0.2) is 0 Å². The molecule has 0 aliphatic rings. The van der Waals surface area contributed by atoms with Crippen molar-refractivity contribution in [2.24, 2.45) is 0 Å². The van der Waals surface area contributed by atoms with Crippen LogP contribution >= 0.6 is 22.7 Å². The number of benzene rings is 11. The van der Waals surface area contributed by atoms with Gasteiger partial charge in [0.2, 0.25) is 0 Å². The molecule has 0 saturated heterocycles. The molecule has 6 nitrogen and oxygen atoms in total. The molecular weight excluding hydrogens is 1130 g/mol. The summed E-state index contributed by atoms with van der Waals surface area (Å²) in [4.78, 5) is 5.12. The highest BCUT2D eigenvalue weighted by Gasteiger charge is 2.32. The van der Waals surface area contributed by atoms with Crippen molar-refractivity contribution in [2.45, 2.75) is 105 Å². The topological polar surface area (TPSA) is 25.2 Å². The minimum absolute atomic E-state index is 0.148. The number of hydrogen-bond acceptors (Lipinski definition) is 4. The molecular formula is C82H76N6S2. The molecule has 0 unspecified atom stereocenters. The molecule has 8 heteroatoms. The lowest BCUT2D eigenvalue weighted by atomic mass is 9.83. The standard InChI is InChI=1S/C82H76N6S2/c1-79(2,3)57-35-19-23-39-61(57)85(62-40-24-20-36-58(62)80(4,5)6)55-47-71-77-75(49-55)89-73-52-74-70(51-69(73)87(77)67-45-29-27-43-65(67)83(71)53-31-15-13-16-32-53)88-68-46-30-28-44-66(68)84(54-33-17-14-18-34-54)72-48-56(50-76(90-74)78(72)88)86(63-41-25-21-37-59(63)81(7,8)9)64-42-26-22-38-60(64)82(10,11)12/h13-52H,1-12H3. The molecule has 0 spiro atoms. The maximum absolute atomic E-state index is 2.58. The summed E-state index contributed by atoms with van der Waals surface area (Å²) in [5.74, 6) is 0. The van der Waals surface area contributed by atoms with E-state index >= 15 is 0 Å². The summed E-state index contributed by atoms with van der Waals surface area (Å²) >= 11 is 3.79. The molecule has 0 fully saturated rings. The van der Waals surface area contributed by atoms with Crippen LogP contribution in [0.3, 0.4) is 0 Å². The van der Waals surface area contributed by atoms with Crippen LogP contribution in [0.4, 0.5) is 34.1 Å². The van der Waals surface area contributed by atoms with Crippen LogP contribution in [0.15, 0.2) is 243 Å². The van der Waals surface area contributed by atoms with Gasteiger partial charge >= 0.3 is 0 Å². The molecule has 0 atom stereocenters. The highest BCUT2D eigenvalue weighted by Crippen LogP contribution is 2.51. The SMILES string of the molecule is CC(C)(C)c1ccccc1N(c1cc2sc3cc4sc5cc(N(c6ccccc6C(C)(C)C)c6ccccc6C(C)(C)C)cc6c5n(c4cc3n3c4ccccc4n(-c4ccccc4)c(c1)c23)c1ccccc1n6-c1ccccc1)c1ccccc1C(C)(C)C. The molecule has 15 rings (SSSR count). The summed E-state index contributed by atoms with van der Waals surface area (Å²) < 4.78 is 14.9. The fourth-order valence-electron chi connectivity index (χ4n) is 14.1. The quantitative estimate of drug-likeness (QED) is 0.112. The zero-order valence-electron chi connectivity index (χ0n) is 53.6. The minimum atomic E-state index is -0.148. The molecule has 0 saturated carbocycles. The summed E-state index contributed by atoms with van der Waals surface area (Å²) in [5.41, 5.74) is 25.1. The van der Waals surface area contributed by atoms with Crippen molar-refractivity contribution in [2.75, 3.05) is 9.80 Å². The Kier molecular flexibility index (Phi) is 13.4. The van der Waals surface area contributed by atoms with E-state index in [0.29, 0.717) is 0 Å². The van der Waals surface area contributed by atoms with Crippen LogP contribution in [0.1, 0.15) is 105 Å². The van der Waals surface area contributed by atoms with Gasteiger partial charge in [-0.05, 0) is 153 Å². The van der Waals surface area contributed by atoms with E-state index in [1.807, 2.05) is 22.7 Å². The lowest BCUT2D eigenvalue weighted by molar-refractivity contribution is 0.586. The second-order valence-electron chi connectivity index (χ2n) is 28.3. The summed E-state index contributed by atoms with van der Waals surface area (Å²) in [6, 6.07) is 91.0. The van der Waals surface area contributed by atoms with E-state index in [1.165, 1.54) is 74.8 Å². The first kappa shape index (κ1) is 57.1. The molecule has 0 radical (unpaired) electrons. The molecule has 0 aliphatic heterocycles. The monoisotopic (exact) mass is 1210 g/mol. The van der Waals surface area contributed by atoms with Crippen molar-refractivity contribution in [3.63, 3.8) is 0 Å². The van der Waals surface area contributed by atoms with Crippen molar-refractivity contribution in [3.8, 4) is 11.4 Å². The second kappa shape index (κ2) is 21.1. The first-order valence-corrected chi connectivity index (χ1v) is 33.2. The molecule has 0 bridgehead atoms. The van der Waals surface area contributed by atoms with Gasteiger partial charge in [0.1, 0.15) is 0 Å². The highest BCUT2D eigenvalue weighted by atomic mass is 32.1. The first-order chi connectivity index (χ1) is 43.2. The van der Waals surface area contributed by atoms with Gasteiger partial charge < -0.3 is 27.7 Å². The van der Waals surface area contributed by atoms with Gasteiger partial charge in [0.25, 0.3) is 0 Å². The van der Waals surface area contributed by atoms with Crippen LogP contribution in [0.5, 0.6) is 0 Å². The zero-order valence-corrected chi connectivity index (χ0v) is 55.2. The minimum Gasteiger partial charge on any atom is -0.310 e. The van der Waals surface area contributed by atoms with Crippen molar-refractivity contribution in [3.05, 3.63) is 265 Å².